The number of methoxy groups -OCH3 is 1. The van der Waals surface area contributed by atoms with Gasteiger partial charge in [0.15, 0.2) is 0 Å². The number of aromatic nitrogens is 2. The largest absolute Gasteiger partial charge is 0.383 e. The molecule has 0 bridgehead atoms. The number of amides is 1. The quantitative estimate of drug-likeness (QED) is 0.671. The average molecular weight is 254 g/mol. The Kier molecular flexibility index (Phi) is 6.38. The summed E-state index contributed by atoms with van der Waals surface area (Å²) in [6, 6.07) is 0. The molecule has 18 heavy (non-hydrogen) atoms. The van der Waals surface area contributed by atoms with Crippen LogP contribution in [-0.4, -0.2) is 42.3 Å². The van der Waals surface area contributed by atoms with Crippen LogP contribution >= 0.6 is 0 Å². The molecule has 0 spiro atoms. The Balaban J connectivity index is 2.37. The van der Waals surface area contributed by atoms with Gasteiger partial charge in [0.1, 0.15) is 0 Å². The summed E-state index contributed by atoms with van der Waals surface area (Å²) in [4.78, 5) is 15.8. The van der Waals surface area contributed by atoms with Gasteiger partial charge in [-0.15, -0.1) is 0 Å². The first-order valence-electron chi connectivity index (χ1n) is 6.14. The number of ether oxygens (including phenoxy) is 1. The lowest BCUT2D eigenvalue weighted by Crippen LogP contribution is -2.31. The van der Waals surface area contributed by atoms with Gasteiger partial charge >= 0.3 is 0 Å². The van der Waals surface area contributed by atoms with Crippen LogP contribution in [-0.2, 0) is 16.1 Å². The van der Waals surface area contributed by atoms with Gasteiger partial charge in [-0.2, -0.15) is 0 Å². The zero-order chi connectivity index (χ0) is 13.4. The number of anilines is 1. The zero-order valence-electron chi connectivity index (χ0n) is 11.3. The molecule has 0 fully saturated rings. The molecule has 0 saturated heterocycles. The average Bonchev–Trinajstić information content (AvgIpc) is 2.71. The summed E-state index contributed by atoms with van der Waals surface area (Å²) >= 11 is 0. The van der Waals surface area contributed by atoms with Crippen LogP contribution in [0.4, 0.5) is 5.95 Å². The lowest BCUT2D eigenvalue weighted by molar-refractivity contribution is -0.115. The van der Waals surface area contributed by atoms with Crippen molar-refractivity contribution in [3.05, 3.63) is 12.4 Å². The smallest absolute Gasteiger partial charge is 0.240 e. The summed E-state index contributed by atoms with van der Waals surface area (Å²) in [6.07, 6.45) is 3.56. The Morgan fingerprint density at radius 1 is 1.56 bits per heavy atom. The van der Waals surface area contributed by atoms with Crippen molar-refractivity contribution in [2.75, 3.05) is 32.1 Å². The van der Waals surface area contributed by atoms with E-state index in [0.29, 0.717) is 25.0 Å². The van der Waals surface area contributed by atoms with Gasteiger partial charge in [-0.3, -0.25) is 10.1 Å². The van der Waals surface area contributed by atoms with Crippen LogP contribution in [0.5, 0.6) is 0 Å². The highest BCUT2D eigenvalue weighted by atomic mass is 16.5. The maximum Gasteiger partial charge on any atom is 0.240 e. The second-order valence-electron chi connectivity index (χ2n) is 4.51. The second kappa shape index (κ2) is 7.84. The predicted octanol–water partition coefficient (Wildman–Crippen LogP) is 0.714. The van der Waals surface area contributed by atoms with Crippen molar-refractivity contribution in [2.24, 2.45) is 5.92 Å². The van der Waals surface area contributed by atoms with E-state index in [0.717, 1.165) is 6.54 Å². The highest BCUT2D eigenvalue weighted by molar-refractivity contribution is 5.90. The molecule has 0 unspecified atom stereocenters. The molecule has 0 atom stereocenters. The minimum absolute atomic E-state index is 0.0951. The van der Waals surface area contributed by atoms with Gasteiger partial charge in [0, 0.05) is 32.6 Å². The molecule has 0 aliphatic carbocycles. The first-order valence-corrected chi connectivity index (χ1v) is 6.14. The summed E-state index contributed by atoms with van der Waals surface area (Å²) in [5, 5.41) is 5.77. The Morgan fingerprint density at radius 2 is 2.33 bits per heavy atom. The molecule has 1 aromatic rings. The standard InChI is InChI=1S/C12H22N4O2/c1-10(2)9-16-6-4-14-12(16)15-11(17)8-13-5-7-18-3/h4,6,10,13H,5,7-9H2,1-3H3,(H,14,15,17). The van der Waals surface area contributed by atoms with E-state index >= 15 is 0 Å². The first kappa shape index (κ1) is 14.7. The minimum Gasteiger partial charge on any atom is -0.383 e. The highest BCUT2D eigenvalue weighted by Crippen LogP contribution is 2.07. The predicted molar refractivity (Wildman–Crippen MR) is 70.4 cm³/mol. The van der Waals surface area contributed by atoms with E-state index in [1.807, 2.05) is 10.8 Å². The molecule has 1 aromatic heterocycles. The molecule has 0 aliphatic rings. The SMILES string of the molecule is COCCNCC(=O)Nc1nccn1CC(C)C. The molecule has 0 aromatic carbocycles. The monoisotopic (exact) mass is 254 g/mol. The lowest BCUT2D eigenvalue weighted by Gasteiger charge is -2.11. The molecule has 0 radical (unpaired) electrons. The molecule has 0 saturated carbocycles. The van der Waals surface area contributed by atoms with E-state index in [1.54, 1.807) is 13.3 Å². The van der Waals surface area contributed by atoms with Crippen LogP contribution in [0.25, 0.3) is 0 Å². The van der Waals surface area contributed by atoms with E-state index < -0.39 is 0 Å². The minimum atomic E-state index is -0.0951. The maximum atomic E-state index is 11.6. The summed E-state index contributed by atoms with van der Waals surface area (Å²) in [5.41, 5.74) is 0. The number of carbonyl (C=O) groups excluding carboxylic acids is 1. The van der Waals surface area contributed by atoms with Gasteiger partial charge in [-0.1, -0.05) is 13.8 Å². The van der Waals surface area contributed by atoms with Gasteiger partial charge in [0.05, 0.1) is 13.2 Å². The van der Waals surface area contributed by atoms with Gasteiger partial charge in [-0.25, -0.2) is 4.98 Å². The topological polar surface area (TPSA) is 68.2 Å². The molecule has 0 aliphatic heterocycles. The van der Waals surface area contributed by atoms with E-state index in [2.05, 4.69) is 29.5 Å². The van der Waals surface area contributed by atoms with Gasteiger partial charge in [0.25, 0.3) is 0 Å². The fourth-order valence-electron chi connectivity index (χ4n) is 1.52. The fourth-order valence-corrected chi connectivity index (χ4v) is 1.52. The molecule has 2 N–H and O–H groups in total. The first-order chi connectivity index (χ1) is 8.63. The number of hydrogen-bond acceptors (Lipinski definition) is 4. The van der Waals surface area contributed by atoms with E-state index in [4.69, 9.17) is 4.74 Å². The van der Waals surface area contributed by atoms with Crippen molar-refractivity contribution in [3.63, 3.8) is 0 Å². The van der Waals surface area contributed by atoms with Crippen LogP contribution in [0, 0.1) is 5.92 Å². The molecular weight excluding hydrogens is 232 g/mol. The summed E-state index contributed by atoms with van der Waals surface area (Å²) < 4.78 is 6.82. The molecule has 1 rings (SSSR count). The van der Waals surface area contributed by atoms with E-state index in [1.165, 1.54) is 0 Å². The molecular formula is C12H22N4O2. The number of imidazole rings is 1. The lowest BCUT2D eigenvalue weighted by atomic mass is 10.2. The fraction of sp³-hybridized carbons (Fsp3) is 0.667. The number of carbonyl (C=O) groups is 1. The number of nitrogens with one attached hydrogen (secondary N) is 2. The number of hydrogen-bond donors (Lipinski definition) is 2. The third-order valence-corrected chi connectivity index (χ3v) is 2.30. The third-order valence-electron chi connectivity index (χ3n) is 2.30. The molecule has 102 valence electrons. The van der Waals surface area contributed by atoms with Gasteiger partial charge < -0.3 is 14.6 Å². The Bertz CT molecular complexity index is 363. The van der Waals surface area contributed by atoms with Crippen LogP contribution < -0.4 is 10.6 Å². The van der Waals surface area contributed by atoms with Crippen LogP contribution in [0.3, 0.4) is 0 Å². The number of nitrogens with zero attached hydrogens (tertiary/aromatic N) is 2. The van der Waals surface area contributed by atoms with Gasteiger partial charge in [0.2, 0.25) is 11.9 Å². The van der Waals surface area contributed by atoms with Crippen LogP contribution in [0.2, 0.25) is 0 Å². The Morgan fingerprint density at radius 3 is 3.00 bits per heavy atom. The van der Waals surface area contributed by atoms with E-state index in [9.17, 15) is 4.79 Å². The van der Waals surface area contributed by atoms with Gasteiger partial charge in [-0.05, 0) is 5.92 Å². The molecule has 1 heterocycles. The van der Waals surface area contributed by atoms with Crippen molar-refractivity contribution < 1.29 is 9.53 Å². The summed E-state index contributed by atoms with van der Waals surface area (Å²) in [6.45, 7) is 6.60. The summed E-state index contributed by atoms with van der Waals surface area (Å²) in [7, 11) is 1.63. The van der Waals surface area contributed by atoms with Crippen molar-refractivity contribution in [1.82, 2.24) is 14.9 Å². The van der Waals surface area contributed by atoms with Crippen molar-refractivity contribution >= 4 is 11.9 Å². The Hall–Kier alpha value is -1.40. The van der Waals surface area contributed by atoms with Crippen LogP contribution in [0.1, 0.15) is 13.8 Å². The van der Waals surface area contributed by atoms with Crippen molar-refractivity contribution in [3.8, 4) is 0 Å². The highest BCUT2D eigenvalue weighted by Gasteiger charge is 2.08. The third kappa shape index (κ3) is 5.29. The zero-order valence-corrected chi connectivity index (χ0v) is 11.3. The molecule has 1 amide bonds. The van der Waals surface area contributed by atoms with Crippen molar-refractivity contribution in [1.29, 1.82) is 0 Å². The van der Waals surface area contributed by atoms with Crippen molar-refractivity contribution in [2.45, 2.75) is 20.4 Å². The second-order valence-corrected chi connectivity index (χ2v) is 4.51. The maximum absolute atomic E-state index is 11.6. The van der Waals surface area contributed by atoms with Crippen LogP contribution in [0.15, 0.2) is 12.4 Å². The Labute approximate surface area is 108 Å². The summed E-state index contributed by atoms with van der Waals surface area (Å²) in [5.74, 6) is 1.01. The normalized spacial score (nSPS) is 10.9. The number of rotatable bonds is 8. The molecule has 6 nitrogen and oxygen atoms in total. The molecule has 6 heteroatoms. The van der Waals surface area contributed by atoms with E-state index in [-0.39, 0.29) is 12.5 Å².